The number of rotatable bonds is 6. The summed E-state index contributed by atoms with van der Waals surface area (Å²) in [6.45, 7) is 4.00. The molecule has 1 saturated carbocycles. The summed E-state index contributed by atoms with van der Waals surface area (Å²) >= 11 is 0. The molecule has 4 aromatic rings. The van der Waals surface area contributed by atoms with E-state index in [9.17, 15) is 4.79 Å². The summed E-state index contributed by atoms with van der Waals surface area (Å²) in [6.07, 6.45) is 3.83. The molecule has 0 atom stereocenters. The number of aryl methyl sites for hydroxylation is 2. The second kappa shape index (κ2) is 9.03. The quantitative estimate of drug-likeness (QED) is 0.221. The summed E-state index contributed by atoms with van der Waals surface area (Å²) in [4.78, 5) is 14.2. The van der Waals surface area contributed by atoms with E-state index in [1.165, 1.54) is 15.7 Å². The van der Waals surface area contributed by atoms with Crippen LogP contribution in [0.3, 0.4) is 0 Å². The van der Waals surface area contributed by atoms with E-state index >= 15 is 0 Å². The molecule has 168 valence electrons. The highest BCUT2D eigenvalue weighted by atomic mass is 32.2. The number of benzene rings is 3. The summed E-state index contributed by atoms with van der Waals surface area (Å²) in [7, 11) is 0.0190. The molecule has 1 aromatic heterocycles. The maximum Gasteiger partial charge on any atom is 0.345 e. The van der Waals surface area contributed by atoms with Crippen molar-refractivity contribution in [2.24, 2.45) is 0 Å². The van der Waals surface area contributed by atoms with Crippen LogP contribution in [0.2, 0.25) is 0 Å². The maximum atomic E-state index is 12.9. The SMILES string of the molecule is Cc1cc(-[s+]2cccc2)cc(C)c1OCC(=O)OC1(c2ccc3ccccc3c2)CCCC1. The lowest BCUT2D eigenvalue weighted by Crippen LogP contribution is -2.32. The van der Waals surface area contributed by atoms with Crippen LogP contribution in [-0.2, 0) is 15.1 Å². The second-order valence-electron chi connectivity index (χ2n) is 8.94. The second-order valence-corrected chi connectivity index (χ2v) is 10.7. The molecule has 0 N–H and O–H groups in total. The van der Waals surface area contributed by atoms with Crippen molar-refractivity contribution in [1.29, 1.82) is 0 Å². The van der Waals surface area contributed by atoms with Gasteiger partial charge in [-0.1, -0.05) is 36.4 Å². The van der Waals surface area contributed by atoms with Crippen LogP contribution < -0.4 is 4.74 Å². The van der Waals surface area contributed by atoms with Gasteiger partial charge in [-0.05, 0) is 85.2 Å². The molecule has 3 aromatic carbocycles. The zero-order valence-electron chi connectivity index (χ0n) is 19.2. The molecule has 0 unspecified atom stereocenters. The van der Waals surface area contributed by atoms with Gasteiger partial charge in [-0.25, -0.2) is 4.79 Å². The van der Waals surface area contributed by atoms with E-state index in [0.717, 1.165) is 48.1 Å². The number of thiophene rings is 1. The first-order chi connectivity index (χ1) is 16.0. The lowest BCUT2D eigenvalue weighted by atomic mass is 9.90. The zero-order chi connectivity index (χ0) is 22.8. The average molecular weight is 458 g/mol. The first-order valence-electron chi connectivity index (χ1n) is 11.6. The smallest absolute Gasteiger partial charge is 0.345 e. The van der Waals surface area contributed by atoms with Gasteiger partial charge in [0.05, 0.1) is 0 Å². The van der Waals surface area contributed by atoms with E-state index in [1.54, 1.807) is 0 Å². The van der Waals surface area contributed by atoms with Gasteiger partial charge in [-0.2, -0.15) is 0 Å². The summed E-state index contributed by atoms with van der Waals surface area (Å²) in [5.74, 6) is 0.467. The van der Waals surface area contributed by atoms with Crippen LogP contribution in [0.25, 0.3) is 15.7 Å². The summed E-state index contributed by atoms with van der Waals surface area (Å²) in [5.41, 5.74) is 2.62. The largest absolute Gasteiger partial charge is 0.481 e. The Hall–Kier alpha value is -3.11. The molecule has 1 aliphatic carbocycles. The predicted molar refractivity (Wildman–Crippen MR) is 135 cm³/mol. The Labute approximate surface area is 198 Å². The van der Waals surface area contributed by atoms with Gasteiger partial charge >= 0.3 is 5.97 Å². The Morgan fingerprint density at radius 2 is 1.55 bits per heavy atom. The molecule has 0 saturated heterocycles. The molecule has 1 aliphatic rings. The van der Waals surface area contributed by atoms with E-state index in [2.05, 4.69) is 65.4 Å². The molecule has 5 rings (SSSR count). The molecule has 0 spiro atoms. The lowest BCUT2D eigenvalue weighted by Gasteiger charge is -2.30. The van der Waals surface area contributed by atoms with Gasteiger partial charge in [0, 0.05) is 22.6 Å². The molecule has 1 fully saturated rings. The average Bonchev–Trinajstić information content (AvgIpc) is 3.51. The molecular weight excluding hydrogens is 428 g/mol. The number of fused-ring (bicyclic) bond motifs is 1. The highest BCUT2D eigenvalue weighted by Gasteiger charge is 2.39. The van der Waals surface area contributed by atoms with Crippen LogP contribution in [0, 0.1) is 13.8 Å². The van der Waals surface area contributed by atoms with E-state index in [1.807, 2.05) is 26.0 Å². The highest BCUT2D eigenvalue weighted by Crippen LogP contribution is 2.43. The van der Waals surface area contributed by atoms with Crippen LogP contribution in [0.15, 0.2) is 77.5 Å². The minimum absolute atomic E-state index is 0.0190. The van der Waals surface area contributed by atoms with Gasteiger partial charge in [0.1, 0.15) is 22.1 Å². The fourth-order valence-corrected chi connectivity index (χ4v) is 6.53. The van der Waals surface area contributed by atoms with Gasteiger partial charge in [0.25, 0.3) is 0 Å². The molecule has 0 aliphatic heterocycles. The number of hydrogen-bond donors (Lipinski definition) is 0. The van der Waals surface area contributed by atoms with Gasteiger partial charge in [-0.3, -0.25) is 0 Å². The normalized spacial score (nSPS) is 15.0. The van der Waals surface area contributed by atoms with Gasteiger partial charge in [0.2, 0.25) is 0 Å². The molecule has 33 heavy (non-hydrogen) atoms. The molecule has 3 nitrogen and oxygen atoms in total. The Bertz CT molecular complexity index is 1260. The Morgan fingerprint density at radius 1 is 0.879 bits per heavy atom. The zero-order valence-corrected chi connectivity index (χ0v) is 20.0. The monoisotopic (exact) mass is 457 g/mol. The maximum absolute atomic E-state index is 12.9. The number of carbonyl (C=O) groups excluding carboxylic acids is 1. The van der Waals surface area contributed by atoms with E-state index in [0.29, 0.717) is 0 Å². The van der Waals surface area contributed by atoms with Crippen LogP contribution >= 0.6 is 10.5 Å². The van der Waals surface area contributed by atoms with Crippen molar-refractivity contribution in [2.45, 2.75) is 45.1 Å². The summed E-state index contributed by atoms with van der Waals surface area (Å²) in [5, 5.41) is 6.79. The Kier molecular flexibility index (Phi) is 5.94. The van der Waals surface area contributed by atoms with Crippen molar-refractivity contribution in [3.63, 3.8) is 0 Å². The minimum Gasteiger partial charge on any atom is -0.481 e. The molecule has 0 radical (unpaired) electrons. The third-order valence-electron chi connectivity index (χ3n) is 6.60. The number of hydrogen-bond acceptors (Lipinski definition) is 3. The highest BCUT2D eigenvalue weighted by molar-refractivity contribution is 7.36. The fourth-order valence-electron chi connectivity index (χ4n) is 4.98. The lowest BCUT2D eigenvalue weighted by molar-refractivity contribution is -0.163. The van der Waals surface area contributed by atoms with E-state index in [4.69, 9.17) is 9.47 Å². The first-order valence-corrected chi connectivity index (χ1v) is 12.9. The van der Waals surface area contributed by atoms with Crippen molar-refractivity contribution in [3.8, 4) is 10.6 Å². The Balaban J connectivity index is 1.32. The molecule has 0 bridgehead atoms. The number of carbonyl (C=O) groups is 1. The standard InChI is InChI=1S/C29H29O3S/c1-21-17-26(33-15-7-8-16-33)18-22(2)28(21)31-20-27(30)32-29(13-5-6-14-29)25-12-11-23-9-3-4-10-24(23)19-25/h3-4,7-12,15-19H,5-6,13-14,20H2,1-2H3/q+1. The number of ether oxygens (including phenoxy) is 2. The van der Waals surface area contributed by atoms with Crippen molar-refractivity contribution in [1.82, 2.24) is 0 Å². The van der Waals surface area contributed by atoms with Crippen molar-refractivity contribution < 1.29 is 14.3 Å². The van der Waals surface area contributed by atoms with E-state index in [-0.39, 0.29) is 23.0 Å². The third kappa shape index (κ3) is 4.40. The van der Waals surface area contributed by atoms with Crippen molar-refractivity contribution in [3.05, 3.63) is 94.2 Å². The van der Waals surface area contributed by atoms with Crippen LogP contribution in [0.5, 0.6) is 5.75 Å². The minimum atomic E-state index is -0.555. The van der Waals surface area contributed by atoms with Gasteiger partial charge in [0.15, 0.2) is 11.5 Å². The molecule has 0 amide bonds. The molecular formula is C29H29O3S+. The molecule has 1 heterocycles. The topological polar surface area (TPSA) is 35.5 Å². The van der Waals surface area contributed by atoms with Crippen LogP contribution in [0.4, 0.5) is 0 Å². The first kappa shape index (κ1) is 21.7. The van der Waals surface area contributed by atoms with Crippen molar-refractivity contribution >= 4 is 27.2 Å². The van der Waals surface area contributed by atoms with Crippen LogP contribution in [0.1, 0.15) is 42.4 Å². The third-order valence-corrected chi connectivity index (χ3v) is 8.28. The van der Waals surface area contributed by atoms with Gasteiger partial charge in [-0.15, -0.1) is 0 Å². The van der Waals surface area contributed by atoms with Crippen LogP contribution in [-0.4, -0.2) is 12.6 Å². The number of esters is 1. The summed E-state index contributed by atoms with van der Waals surface area (Å²) < 4.78 is 12.2. The molecule has 4 heteroatoms. The van der Waals surface area contributed by atoms with Crippen molar-refractivity contribution in [2.75, 3.05) is 6.61 Å². The van der Waals surface area contributed by atoms with Gasteiger partial charge < -0.3 is 9.47 Å². The fraction of sp³-hybridized carbons (Fsp3) is 0.276. The summed E-state index contributed by atoms with van der Waals surface area (Å²) in [6, 6.07) is 23.2. The van der Waals surface area contributed by atoms with E-state index < -0.39 is 5.60 Å². The predicted octanol–water partition coefficient (Wildman–Crippen LogP) is 7.59. The Morgan fingerprint density at radius 3 is 2.24 bits per heavy atom.